The van der Waals surface area contributed by atoms with Crippen molar-refractivity contribution < 1.29 is 22.8 Å². The van der Waals surface area contributed by atoms with Crippen molar-refractivity contribution >= 4 is 50.5 Å². The second-order valence-corrected chi connectivity index (χ2v) is 10.1. The van der Waals surface area contributed by atoms with E-state index < -0.39 is 15.9 Å². The van der Waals surface area contributed by atoms with E-state index in [0.717, 1.165) is 0 Å². The van der Waals surface area contributed by atoms with Crippen molar-refractivity contribution in [2.24, 2.45) is 0 Å². The number of amides is 1. The summed E-state index contributed by atoms with van der Waals surface area (Å²) in [5.74, 6) is -1.23. The minimum atomic E-state index is -3.91. The lowest BCUT2D eigenvalue weighted by Gasteiger charge is -2.20. The summed E-state index contributed by atoms with van der Waals surface area (Å²) in [5.41, 5.74) is 1.44. The third kappa shape index (κ3) is 4.28. The number of rotatable bonds is 5. The number of anilines is 2. The van der Waals surface area contributed by atoms with Crippen molar-refractivity contribution in [3.8, 4) is 0 Å². The number of carbonyl (C=O) groups excluding carboxylic acids is 3. The van der Waals surface area contributed by atoms with Crippen LogP contribution in [0.3, 0.4) is 0 Å². The molecule has 0 spiro atoms. The van der Waals surface area contributed by atoms with Gasteiger partial charge in [-0.15, -0.1) is 0 Å². The largest absolute Gasteiger partial charge is 0.321 e. The highest BCUT2D eigenvalue weighted by Crippen LogP contribution is 2.32. The molecular weight excluding hydrogens is 500 g/mol. The molecule has 5 rings (SSSR count). The van der Waals surface area contributed by atoms with Crippen LogP contribution in [0, 0.1) is 0 Å². The van der Waals surface area contributed by atoms with Gasteiger partial charge in [-0.2, -0.15) is 0 Å². The lowest BCUT2D eigenvalue weighted by Crippen LogP contribution is -2.24. The Morgan fingerprint density at radius 3 is 2.08 bits per heavy atom. The van der Waals surface area contributed by atoms with Crippen LogP contribution in [0.25, 0.3) is 0 Å². The zero-order valence-electron chi connectivity index (χ0n) is 18.5. The van der Waals surface area contributed by atoms with E-state index in [1.807, 2.05) is 0 Å². The van der Waals surface area contributed by atoms with Crippen LogP contribution in [0.2, 0.25) is 5.02 Å². The molecule has 1 amide bonds. The molecular formula is C27H17ClN2O5S. The SMILES string of the molecule is O=C(Nc1cccc2c1C(=O)c1ccccc1C2=O)c1cccc(NS(=O)(=O)c2ccc(Cl)cc2)c1. The van der Waals surface area contributed by atoms with E-state index in [-0.39, 0.29) is 50.1 Å². The molecule has 2 N–H and O–H groups in total. The smallest absolute Gasteiger partial charge is 0.261 e. The van der Waals surface area contributed by atoms with Crippen LogP contribution in [-0.4, -0.2) is 25.9 Å². The van der Waals surface area contributed by atoms with Crippen molar-refractivity contribution in [2.75, 3.05) is 10.0 Å². The Morgan fingerprint density at radius 1 is 0.722 bits per heavy atom. The third-order valence-corrected chi connectivity index (χ3v) is 7.35. The van der Waals surface area contributed by atoms with E-state index in [9.17, 15) is 22.8 Å². The van der Waals surface area contributed by atoms with E-state index in [1.165, 1.54) is 48.5 Å². The maximum absolute atomic E-state index is 13.2. The summed E-state index contributed by atoms with van der Waals surface area (Å²) in [5, 5.41) is 3.09. The summed E-state index contributed by atoms with van der Waals surface area (Å²) in [6, 6.07) is 22.8. The molecule has 0 heterocycles. The van der Waals surface area contributed by atoms with E-state index in [4.69, 9.17) is 11.6 Å². The molecule has 0 radical (unpaired) electrons. The standard InChI is InChI=1S/C27H17ClN2O5S/c28-17-11-13-19(14-12-17)36(34,35)30-18-6-3-5-16(15-18)27(33)29-23-10-4-9-22-24(23)26(32)21-8-2-1-7-20(21)25(22)31/h1-15,30H,(H,29,33). The molecule has 1 aliphatic carbocycles. The highest BCUT2D eigenvalue weighted by molar-refractivity contribution is 7.92. The molecule has 0 bridgehead atoms. The predicted molar refractivity (Wildman–Crippen MR) is 136 cm³/mol. The number of sulfonamides is 1. The number of hydrogen-bond acceptors (Lipinski definition) is 5. The second-order valence-electron chi connectivity index (χ2n) is 8.03. The highest BCUT2D eigenvalue weighted by Gasteiger charge is 2.31. The quantitative estimate of drug-likeness (QED) is 0.335. The van der Waals surface area contributed by atoms with Gasteiger partial charge in [-0.05, 0) is 48.5 Å². The van der Waals surface area contributed by atoms with Crippen molar-refractivity contribution in [3.05, 3.63) is 124 Å². The van der Waals surface area contributed by atoms with Crippen molar-refractivity contribution in [3.63, 3.8) is 0 Å². The van der Waals surface area contributed by atoms with E-state index in [2.05, 4.69) is 10.0 Å². The maximum Gasteiger partial charge on any atom is 0.261 e. The molecule has 9 heteroatoms. The lowest BCUT2D eigenvalue weighted by atomic mass is 9.83. The van der Waals surface area contributed by atoms with Crippen LogP contribution in [-0.2, 0) is 10.0 Å². The van der Waals surface area contributed by atoms with Crippen molar-refractivity contribution in [2.45, 2.75) is 4.90 Å². The average Bonchev–Trinajstić information content (AvgIpc) is 2.87. The van der Waals surface area contributed by atoms with Crippen LogP contribution in [0.4, 0.5) is 11.4 Å². The first kappa shape index (κ1) is 23.5. The number of hydrogen-bond donors (Lipinski definition) is 2. The Bertz CT molecular complexity index is 1660. The fourth-order valence-corrected chi connectivity index (χ4v) is 5.17. The third-order valence-electron chi connectivity index (χ3n) is 5.70. The molecule has 0 aliphatic heterocycles. The Hall–Kier alpha value is -4.27. The van der Waals surface area contributed by atoms with Crippen LogP contribution < -0.4 is 10.0 Å². The molecule has 0 atom stereocenters. The van der Waals surface area contributed by atoms with Gasteiger partial charge in [0.2, 0.25) is 0 Å². The Balaban J connectivity index is 1.42. The fourth-order valence-electron chi connectivity index (χ4n) is 4.00. The molecule has 0 saturated carbocycles. The first-order valence-electron chi connectivity index (χ1n) is 10.8. The number of ketones is 2. The van der Waals surface area contributed by atoms with Gasteiger partial charge in [0.1, 0.15) is 0 Å². The van der Waals surface area contributed by atoms with Gasteiger partial charge >= 0.3 is 0 Å². The zero-order chi connectivity index (χ0) is 25.4. The zero-order valence-corrected chi connectivity index (χ0v) is 20.1. The Labute approximate surface area is 211 Å². The van der Waals surface area contributed by atoms with Crippen molar-refractivity contribution in [1.29, 1.82) is 0 Å². The highest BCUT2D eigenvalue weighted by atomic mass is 35.5. The van der Waals surface area contributed by atoms with Crippen LogP contribution in [0.15, 0.2) is 95.9 Å². The normalized spacial score (nSPS) is 12.5. The molecule has 178 valence electrons. The van der Waals surface area contributed by atoms with Gasteiger partial charge in [-0.1, -0.05) is 54.1 Å². The molecule has 36 heavy (non-hydrogen) atoms. The van der Waals surface area contributed by atoms with Gasteiger partial charge in [0.25, 0.3) is 15.9 Å². The van der Waals surface area contributed by atoms with E-state index in [1.54, 1.807) is 42.5 Å². The summed E-state index contributed by atoms with van der Waals surface area (Å²) in [4.78, 5) is 39.2. The van der Waals surface area contributed by atoms with Gasteiger partial charge < -0.3 is 5.32 Å². The van der Waals surface area contributed by atoms with Gasteiger partial charge in [0, 0.05) is 33.0 Å². The van der Waals surface area contributed by atoms with E-state index in [0.29, 0.717) is 10.6 Å². The minimum Gasteiger partial charge on any atom is -0.321 e. The number of benzene rings is 4. The molecule has 1 aliphatic rings. The summed E-state index contributed by atoms with van der Waals surface area (Å²) in [7, 11) is -3.91. The summed E-state index contributed by atoms with van der Waals surface area (Å²) in [6.07, 6.45) is 0. The summed E-state index contributed by atoms with van der Waals surface area (Å²) >= 11 is 5.83. The summed E-state index contributed by atoms with van der Waals surface area (Å²) < 4.78 is 27.8. The number of carbonyl (C=O) groups is 3. The molecule has 0 aromatic heterocycles. The van der Waals surface area contributed by atoms with Gasteiger partial charge in [0.15, 0.2) is 11.6 Å². The first-order chi connectivity index (χ1) is 17.2. The van der Waals surface area contributed by atoms with Gasteiger partial charge in [-0.25, -0.2) is 8.42 Å². The van der Waals surface area contributed by atoms with Gasteiger partial charge in [0.05, 0.1) is 16.1 Å². The second kappa shape index (κ2) is 9.07. The monoisotopic (exact) mass is 516 g/mol. The van der Waals surface area contributed by atoms with Crippen LogP contribution in [0.5, 0.6) is 0 Å². The molecule has 4 aromatic carbocycles. The fraction of sp³-hybridized carbons (Fsp3) is 0. The number of halogens is 1. The minimum absolute atomic E-state index is 0.0149. The molecule has 0 saturated heterocycles. The Kier molecular flexibility index (Phi) is 5.91. The topological polar surface area (TPSA) is 109 Å². The average molecular weight is 517 g/mol. The van der Waals surface area contributed by atoms with E-state index >= 15 is 0 Å². The molecule has 4 aromatic rings. The molecule has 0 unspecified atom stereocenters. The van der Waals surface area contributed by atoms with Crippen LogP contribution >= 0.6 is 11.6 Å². The first-order valence-corrected chi connectivity index (χ1v) is 12.6. The summed E-state index contributed by atoms with van der Waals surface area (Å²) in [6.45, 7) is 0. The maximum atomic E-state index is 13.2. The van der Waals surface area contributed by atoms with Crippen molar-refractivity contribution in [1.82, 2.24) is 0 Å². The van der Waals surface area contributed by atoms with Gasteiger partial charge in [-0.3, -0.25) is 19.1 Å². The number of fused-ring (bicyclic) bond motifs is 2. The lowest BCUT2D eigenvalue weighted by molar-refractivity contribution is 0.0978. The molecule has 0 fully saturated rings. The predicted octanol–water partition coefficient (Wildman–Crippen LogP) is 5.17. The number of nitrogens with one attached hydrogen (secondary N) is 2. The Morgan fingerprint density at radius 2 is 1.36 bits per heavy atom. The van der Waals surface area contributed by atoms with Crippen LogP contribution in [0.1, 0.15) is 42.2 Å². The molecule has 7 nitrogen and oxygen atoms in total.